The molecule has 0 unspecified atom stereocenters. The highest BCUT2D eigenvalue weighted by Crippen LogP contribution is 2.52. The lowest BCUT2D eigenvalue weighted by molar-refractivity contribution is -0.637. The van der Waals surface area contributed by atoms with Crippen LogP contribution in [0.2, 0.25) is 0 Å². The molecule has 0 aliphatic rings. The summed E-state index contributed by atoms with van der Waals surface area (Å²) in [5.41, 5.74) is 9.71. The molecule has 0 amide bonds. The molecule has 0 fully saturated rings. The Bertz CT molecular complexity index is 1960. The van der Waals surface area contributed by atoms with Crippen LogP contribution in [0.25, 0.3) is 0 Å². The van der Waals surface area contributed by atoms with Crippen LogP contribution in [0.15, 0.2) is 243 Å². The Morgan fingerprint density at radius 1 is 0.286 bits per heavy atom. The molecule has 0 spiro atoms. The SMILES string of the molecule is O=S(=O)([O-])O[O-].c1ccc([N+](c2ccccc2)(c2ccccc2)c2ccccc2)cc1.c1ccc([N+](c2ccccc2)(c2ccccc2)c2ccccc2)cc1. The molecule has 0 aromatic heterocycles. The van der Waals surface area contributed by atoms with Crippen molar-refractivity contribution in [3.05, 3.63) is 243 Å². The van der Waals surface area contributed by atoms with Gasteiger partial charge in [0.05, 0.1) is 0 Å². The van der Waals surface area contributed by atoms with Gasteiger partial charge in [-0.05, 0) is 0 Å². The maximum absolute atomic E-state index is 8.91. The van der Waals surface area contributed by atoms with Gasteiger partial charge in [0.25, 0.3) is 0 Å². The first-order valence-electron chi connectivity index (χ1n) is 17.9. The van der Waals surface area contributed by atoms with Crippen LogP contribution < -0.4 is 14.2 Å². The molecule has 0 N–H and O–H groups in total. The predicted octanol–water partition coefficient (Wildman–Crippen LogP) is 11.7. The molecule has 0 radical (unpaired) electrons. The molecule has 0 atom stereocenters. The molecule has 8 aromatic carbocycles. The number of nitrogens with zero attached hydrogens (tertiary/aromatic N) is 2. The summed E-state index contributed by atoms with van der Waals surface area (Å²) in [6, 6.07) is 85.5. The summed E-state index contributed by atoms with van der Waals surface area (Å²) < 4.78 is 30.0. The van der Waals surface area contributed by atoms with Gasteiger partial charge in [-0.25, -0.2) is 8.42 Å². The van der Waals surface area contributed by atoms with Crippen molar-refractivity contribution in [1.82, 2.24) is 8.97 Å². The molecular weight excluding hydrogens is 717 g/mol. The molecule has 0 heterocycles. The topological polar surface area (TPSA) is 89.5 Å². The van der Waals surface area contributed by atoms with E-state index in [1.807, 2.05) is 0 Å². The van der Waals surface area contributed by atoms with Gasteiger partial charge in [-0.15, -0.1) is 0 Å². The van der Waals surface area contributed by atoms with E-state index in [9.17, 15) is 0 Å². The van der Waals surface area contributed by atoms with E-state index < -0.39 is 10.4 Å². The van der Waals surface area contributed by atoms with Crippen LogP contribution in [0.3, 0.4) is 0 Å². The second kappa shape index (κ2) is 18.7. The summed E-state index contributed by atoms with van der Waals surface area (Å²) in [7, 11) is -4.97. The van der Waals surface area contributed by atoms with Gasteiger partial charge in [-0.1, -0.05) is 146 Å². The highest BCUT2D eigenvalue weighted by molar-refractivity contribution is 7.80. The quantitative estimate of drug-likeness (QED) is 0.0481. The van der Waals surface area contributed by atoms with Crippen molar-refractivity contribution in [1.29, 1.82) is 0 Å². The number of para-hydroxylation sites is 8. The molecular formula is C48H40N2O5S. The van der Waals surface area contributed by atoms with Gasteiger partial charge in [-0.2, -0.15) is 8.97 Å². The summed E-state index contributed by atoms with van der Waals surface area (Å²) in [6.07, 6.45) is 0. The Kier molecular flexibility index (Phi) is 13.1. The van der Waals surface area contributed by atoms with E-state index >= 15 is 0 Å². The van der Waals surface area contributed by atoms with Crippen LogP contribution in [0.1, 0.15) is 0 Å². The molecule has 7 nitrogen and oxygen atoms in total. The Balaban J connectivity index is 0.000000166. The molecule has 8 heteroatoms. The van der Waals surface area contributed by atoms with E-state index in [2.05, 4.69) is 247 Å². The van der Waals surface area contributed by atoms with E-state index in [1.165, 1.54) is 45.5 Å². The van der Waals surface area contributed by atoms with Gasteiger partial charge in [0.15, 0.2) is 0 Å². The van der Waals surface area contributed by atoms with Gasteiger partial charge in [0, 0.05) is 97.1 Å². The van der Waals surface area contributed by atoms with Crippen molar-refractivity contribution in [2.75, 3.05) is 0 Å². The maximum Gasteiger partial charge on any atom is 0.208 e. The minimum atomic E-state index is -4.97. The number of hydrogen-bond donors (Lipinski definition) is 0. The molecule has 56 heavy (non-hydrogen) atoms. The summed E-state index contributed by atoms with van der Waals surface area (Å²) in [5, 5.41) is 8.55. The molecule has 8 aromatic rings. The first-order valence-corrected chi connectivity index (χ1v) is 19.2. The summed E-state index contributed by atoms with van der Waals surface area (Å²) in [4.78, 5) is 0. The lowest BCUT2D eigenvalue weighted by Gasteiger charge is -2.37. The third-order valence-electron chi connectivity index (χ3n) is 9.23. The van der Waals surface area contributed by atoms with Crippen LogP contribution in [0.4, 0.5) is 45.5 Å². The molecule has 0 saturated carbocycles. The Morgan fingerprint density at radius 3 is 0.482 bits per heavy atom. The molecule has 278 valence electrons. The lowest BCUT2D eigenvalue weighted by atomic mass is 10.1. The largest absolute Gasteiger partial charge is 0.726 e. The standard InChI is InChI=1S/2C24H20N.H2O5S/c2*1-5-13-21(14-6-1)25(22-15-7-2-8-16-22,23-17-9-3-10-18-23)24-19-11-4-12-20-24;1-5-6(2,3)4/h2*1-20H;1H,(H,2,3,4)/q2*+1;/p-2. The fourth-order valence-electron chi connectivity index (χ4n) is 7.00. The zero-order valence-corrected chi connectivity index (χ0v) is 31.3. The third kappa shape index (κ3) is 8.73. The molecule has 0 bridgehead atoms. The smallest absolute Gasteiger partial charge is 0.208 e. The fourth-order valence-corrected chi connectivity index (χ4v) is 7.00. The monoisotopic (exact) mass is 756 g/mol. The van der Waals surface area contributed by atoms with Crippen molar-refractivity contribution in [2.24, 2.45) is 0 Å². The van der Waals surface area contributed by atoms with E-state index in [0.29, 0.717) is 8.97 Å². The van der Waals surface area contributed by atoms with Gasteiger partial charge < -0.3 is 14.1 Å². The van der Waals surface area contributed by atoms with Crippen LogP contribution in [0.5, 0.6) is 0 Å². The minimum absolute atomic E-state index is 0.559. The second-order valence-corrected chi connectivity index (χ2v) is 13.5. The van der Waals surface area contributed by atoms with Gasteiger partial charge >= 0.3 is 0 Å². The molecule has 8 rings (SSSR count). The summed E-state index contributed by atoms with van der Waals surface area (Å²) in [6.45, 7) is 0. The molecule has 0 aliphatic heterocycles. The first-order chi connectivity index (χ1) is 27.4. The van der Waals surface area contributed by atoms with Crippen LogP contribution in [-0.4, -0.2) is 13.0 Å². The Labute approximate surface area is 328 Å². The van der Waals surface area contributed by atoms with Crippen LogP contribution >= 0.6 is 0 Å². The van der Waals surface area contributed by atoms with E-state index in [4.69, 9.17) is 18.2 Å². The summed E-state index contributed by atoms with van der Waals surface area (Å²) >= 11 is 0. The number of quaternary nitrogens is 2. The normalized spacial score (nSPS) is 11.2. The maximum atomic E-state index is 8.91. The molecule has 0 aliphatic carbocycles. The number of benzene rings is 8. The van der Waals surface area contributed by atoms with Gasteiger partial charge in [-0.3, -0.25) is 0 Å². The number of hydrogen-bond acceptors (Lipinski definition) is 5. The Hall–Kier alpha value is -6.49. The third-order valence-corrected chi connectivity index (χ3v) is 9.40. The summed E-state index contributed by atoms with van der Waals surface area (Å²) in [5.74, 6) is 0. The minimum Gasteiger partial charge on any atom is -0.726 e. The highest BCUT2D eigenvalue weighted by atomic mass is 32.3. The predicted molar refractivity (Wildman–Crippen MR) is 224 cm³/mol. The van der Waals surface area contributed by atoms with Crippen LogP contribution in [-0.2, 0) is 14.7 Å². The van der Waals surface area contributed by atoms with Crippen molar-refractivity contribution in [3.63, 3.8) is 0 Å². The molecule has 0 saturated heterocycles. The lowest BCUT2D eigenvalue weighted by Crippen LogP contribution is -2.33. The highest BCUT2D eigenvalue weighted by Gasteiger charge is 2.40. The fraction of sp³-hybridized carbons (Fsp3) is 0. The van der Waals surface area contributed by atoms with Crippen LogP contribution in [0, 0.1) is 0 Å². The van der Waals surface area contributed by atoms with Gasteiger partial charge in [0.2, 0.25) is 10.4 Å². The zero-order valence-electron chi connectivity index (χ0n) is 30.4. The second-order valence-electron chi connectivity index (χ2n) is 12.5. The number of rotatable bonds is 9. The van der Waals surface area contributed by atoms with Crippen molar-refractivity contribution in [2.45, 2.75) is 0 Å². The van der Waals surface area contributed by atoms with E-state index in [-0.39, 0.29) is 0 Å². The van der Waals surface area contributed by atoms with Gasteiger partial charge in [0.1, 0.15) is 45.5 Å². The van der Waals surface area contributed by atoms with Crippen molar-refractivity contribution >= 4 is 55.9 Å². The average Bonchev–Trinajstić information content (AvgIpc) is 3.28. The van der Waals surface area contributed by atoms with Crippen molar-refractivity contribution < 1.29 is 22.6 Å². The zero-order chi connectivity index (χ0) is 39.1. The Morgan fingerprint density at radius 2 is 0.393 bits per heavy atom. The van der Waals surface area contributed by atoms with E-state index in [0.717, 1.165) is 0 Å². The average molecular weight is 757 g/mol. The van der Waals surface area contributed by atoms with E-state index in [1.54, 1.807) is 0 Å². The van der Waals surface area contributed by atoms with Crippen molar-refractivity contribution in [3.8, 4) is 0 Å². The first kappa shape index (κ1) is 39.2.